The molecule has 0 bridgehead atoms. The summed E-state index contributed by atoms with van der Waals surface area (Å²) in [5.41, 5.74) is 0. The van der Waals surface area contributed by atoms with E-state index in [0.29, 0.717) is 0 Å². The van der Waals surface area contributed by atoms with Gasteiger partial charge in [-0.15, -0.1) is 0 Å². The Labute approximate surface area is 109 Å². The van der Waals surface area contributed by atoms with Crippen molar-refractivity contribution < 1.29 is 34.4 Å². The summed E-state index contributed by atoms with van der Waals surface area (Å²) in [7, 11) is 0. The summed E-state index contributed by atoms with van der Waals surface area (Å²) in [6.07, 6.45) is -4.43. The lowest BCUT2D eigenvalue weighted by Crippen LogP contribution is -2.64. The predicted octanol–water partition coefficient (Wildman–Crippen LogP) is -2.34. The molecule has 8 heteroatoms. The van der Waals surface area contributed by atoms with E-state index in [2.05, 4.69) is 11.9 Å². The molecular weight excluding hydrogens is 258 g/mol. The van der Waals surface area contributed by atoms with E-state index < -0.39 is 49.1 Å². The van der Waals surface area contributed by atoms with Crippen LogP contribution in [0.5, 0.6) is 0 Å². The Morgan fingerprint density at radius 3 is 2.53 bits per heavy atom. The second-order valence-electron chi connectivity index (χ2n) is 4.07. The van der Waals surface area contributed by atoms with Gasteiger partial charge in [0.25, 0.3) is 0 Å². The molecule has 1 amide bonds. The van der Waals surface area contributed by atoms with Crippen LogP contribution in [-0.2, 0) is 19.1 Å². The quantitative estimate of drug-likeness (QED) is 0.334. The van der Waals surface area contributed by atoms with E-state index in [1.54, 1.807) is 0 Å². The zero-order valence-electron chi connectivity index (χ0n) is 10.4. The van der Waals surface area contributed by atoms with Gasteiger partial charge in [-0.05, 0) is 0 Å². The highest BCUT2D eigenvalue weighted by Gasteiger charge is 2.46. The van der Waals surface area contributed by atoms with Crippen LogP contribution in [0.1, 0.15) is 6.92 Å². The third-order valence-electron chi connectivity index (χ3n) is 2.65. The molecule has 0 aromatic carbocycles. The minimum atomic E-state index is -1.45. The van der Waals surface area contributed by atoms with E-state index in [4.69, 9.17) is 14.6 Å². The van der Waals surface area contributed by atoms with E-state index in [9.17, 15) is 19.8 Å². The first-order chi connectivity index (χ1) is 8.90. The van der Waals surface area contributed by atoms with Crippen molar-refractivity contribution in [3.05, 3.63) is 12.7 Å². The van der Waals surface area contributed by atoms with Crippen LogP contribution in [0, 0.1) is 0 Å². The van der Waals surface area contributed by atoms with Crippen LogP contribution in [0.4, 0.5) is 0 Å². The average molecular weight is 275 g/mol. The van der Waals surface area contributed by atoms with Gasteiger partial charge in [0.15, 0.2) is 0 Å². The topological polar surface area (TPSA) is 125 Å². The first-order valence-electron chi connectivity index (χ1n) is 5.63. The molecule has 1 saturated heterocycles. The zero-order valence-corrected chi connectivity index (χ0v) is 10.4. The second-order valence-corrected chi connectivity index (χ2v) is 4.07. The van der Waals surface area contributed by atoms with Gasteiger partial charge in [-0.3, -0.25) is 4.79 Å². The summed E-state index contributed by atoms with van der Waals surface area (Å²) in [5.74, 6) is -1.32. The van der Waals surface area contributed by atoms with Crippen LogP contribution >= 0.6 is 0 Å². The van der Waals surface area contributed by atoms with Gasteiger partial charge in [-0.1, -0.05) is 6.58 Å². The molecule has 8 nitrogen and oxygen atoms in total. The molecule has 1 aliphatic heterocycles. The number of aliphatic hydroxyl groups excluding tert-OH is 3. The van der Waals surface area contributed by atoms with Crippen LogP contribution in [0.25, 0.3) is 0 Å². The van der Waals surface area contributed by atoms with Crippen LogP contribution in [0.3, 0.4) is 0 Å². The van der Waals surface area contributed by atoms with Crippen molar-refractivity contribution in [3.8, 4) is 0 Å². The van der Waals surface area contributed by atoms with E-state index in [1.807, 2.05) is 0 Å². The Bertz CT molecular complexity index is 359. The number of rotatable bonds is 4. The second kappa shape index (κ2) is 6.62. The molecule has 1 heterocycles. The molecular formula is C11H17NO7. The number of esters is 1. The number of nitrogens with one attached hydrogen (secondary N) is 1. The number of amides is 1. The van der Waals surface area contributed by atoms with Gasteiger partial charge < -0.3 is 30.1 Å². The molecule has 0 aliphatic carbocycles. The molecule has 0 spiro atoms. The first-order valence-corrected chi connectivity index (χ1v) is 5.63. The highest BCUT2D eigenvalue weighted by Crippen LogP contribution is 2.22. The van der Waals surface area contributed by atoms with Crippen LogP contribution < -0.4 is 5.32 Å². The number of carbonyl (C=O) groups excluding carboxylic acids is 2. The van der Waals surface area contributed by atoms with Crippen molar-refractivity contribution in [2.45, 2.75) is 37.6 Å². The molecule has 0 aromatic heterocycles. The molecule has 4 N–H and O–H groups in total. The maximum absolute atomic E-state index is 11.2. The Balaban J connectivity index is 2.88. The molecule has 0 saturated carbocycles. The van der Waals surface area contributed by atoms with Crippen molar-refractivity contribution in [1.29, 1.82) is 0 Å². The summed E-state index contributed by atoms with van der Waals surface area (Å²) in [4.78, 5) is 22.2. The third kappa shape index (κ3) is 3.74. The lowest BCUT2D eigenvalue weighted by molar-refractivity contribution is -0.261. The van der Waals surface area contributed by atoms with Gasteiger partial charge in [-0.2, -0.15) is 0 Å². The van der Waals surface area contributed by atoms with Gasteiger partial charge in [0.2, 0.25) is 12.2 Å². The molecule has 19 heavy (non-hydrogen) atoms. The fourth-order valence-corrected chi connectivity index (χ4v) is 1.73. The molecule has 1 aliphatic rings. The minimum Gasteiger partial charge on any atom is -0.430 e. The fraction of sp³-hybridized carbons (Fsp3) is 0.636. The maximum atomic E-state index is 11.2. The van der Waals surface area contributed by atoms with Crippen LogP contribution in [-0.4, -0.2) is 64.4 Å². The number of carbonyl (C=O) groups is 2. The summed E-state index contributed by atoms with van der Waals surface area (Å²) in [5, 5.41) is 30.9. The first kappa shape index (κ1) is 15.6. The summed E-state index contributed by atoms with van der Waals surface area (Å²) >= 11 is 0. The smallest absolute Gasteiger partial charge is 0.332 e. The standard InChI is InChI=1S/C11H17NO7/c1-3-7(15)19-11-8(12-5(2)14)10(17)9(16)6(4-13)18-11/h3,6,8-11,13,16-17H,1,4H2,2H3,(H,12,14)/t6-,8-,9-,10-,11?/m1/s1. The van der Waals surface area contributed by atoms with Gasteiger partial charge in [0.05, 0.1) is 6.61 Å². The van der Waals surface area contributed by atoms with Crippen molar-refractivity contribution in [1.82, 2.24) is 5.32 Å². The lowest BCUT2D eigenvalue weighted by atomic mass is 9.97. The number of ether oxygens (including phenoxy) is 2. The molecule has 1 rings (SSSR count). The minimum absolute atomic E-state index is 0.498. The Kier molecular flexibility index (Phi) is 5.43. The summed E-state index contributed by atoms with van der Waals surface area (Å²) < 4.78 is 9.97. The van der Waals surface area contributed by atoms with E-state index >= 15 is 0 Å². The van der Waals surface area contributed by atoms with Crippen LogP contribution in [0.2, 0.25) is 0 Å². The summed E-state index contributed by atoms with van der Waals surface area (Å²) in [6.45, 7) is 3.83. The third-order valence-corrected chi connectivity index (χ3v) is 2.65. The maximum Gasteiger partial charge on any atom is 0.332 e. The molecule has 0 aromatic rings. The predicted molar refractivity (Wildman–Crippen MR) is 61.7 cm³/mol. The number of hydrogen-bond donors (Lipinski definition) is 4. The molecule has 108 valence electrons. The van der Waals surface area contributed by atoms with Crippen molar-refractivity contribution in [3.63, 3.8) is 0 Å². The Morgan fingerprint density at radius 2 is 2.05 bits per heavy atom. The normalized spacial score (nSPS) is 34.4. The van der Waals surface area contributed by atoms with Crippen LogP contribution in [0.15, 0.2) is 12.7 Å². The number of aliphatic hydroxyl groups is 3. The molecule has 1 unspecified atom stereocenters. The highest BCUT2D eigenvalue weighted by atomic mass is 16.7. The Hall–Kier alpha value is -1.48. The van der Waals surface area contributed by atoms with E-state index in [0.717, 1.165) is 6.08 Å². The largest absolute Gasteiger partial charge is 0.430 e. The van der Waals surface area contributed by atoms with Crippen molar-refractivity contribution in [2.24, 2.45) is 0 Å². The zero-order chi connectivity index (χ0) is 14.6. The Morgan fingerprint density at radius 1 is 1.42 bits per heavy atom. The lowest BCUT2D eigenvalue weighted by Gasteiger charge is -2.41. The van der Waals surface area contributed by atoms with E-state index in [1.165, 1.54) is 6.92 Å². The van der Waals surface area contributed by atoms with Gasteiger partial charge in [0.1, 0.15) is 24.4 Å². The SMILES string of the molecule is C=CC(=O)OC1O[C@H](CO)[C@@H](O)[C@H](O)[C@H]1NC(C)=O. The van der Waals surface area contributed by atoms with Crippen molar-refractivity contribution >= 4 is 11.9 Å². The highest BCUT2D eigenvalue weighted by molar-refractivity contribution is 5.81. The molecule has 5 atom stereocenters. The van der Waals surface area contributed by atoms with Crippen molar-refractivity contribution in [2.75, 3.05) is 6.61 Å². The molecule has 0 radical (unpaired) electrons. The van der Waals surface area contributed by atoms with Gasteiger partial charge >= 0.3 is 5.97 Å². The van der Waals surface area contributed by atoms with Gasteiger partial charge in [-0.25, -0.2) is 4.79 Å². The summed E-state index contributed by atoms with van der Waals surface area (Å²) in [6, 6.07) is -1.14. The average Bonchev–Trinajstić information content (AvgIpc) is 2.37. The monoisotopic (exact) mass is 275 g/mol. The number of hydrogen-bond acceptors (Lipinski definition) is 7. The molecule has 1 fully saturated rings. The fourth-order valence-electron chi connectivity index (χ4n) is 1.73. The van der Waals surface area contributed by atoms with Gasteiger partial charge in [0, 0.05) is 13.0 Å². The van der Waals surface area contributed by atoms with E-state index in [-0.39, 0.29) is 0 Å².